The molecule has 0 aliphatic heterocycles. The minimum absolute atomic E-state index is 0.113. The van der Waals surface area contributed by atoms with Gasteiger partial charge in [-0.3, -0.25) is 9.48 Å². The second-order valence-corrected chi connectivity index (χ2v) is 6.64. The summed E-state index contributed by atoms with van der Waals surface area (Å²) in [7, 11) is 1.82. The van der Waals surface area contributed by atoms with Crippen LogP contribution in [0.2, 0.25) is 0 Å². The van der Waals surface area contributed by atoms with E-state index in [-0.39, 0.29) is 17.2 Å². The summed E-state index contributed by atoms with van der Waals surface area (Å²) in [5, 5.41) is 7.25. The molecule has 0 aliphatic carbocycles. The quantitative estimate of drug-likeness (QED) is 0.874. The van der Waals surface area contributed by atoms with Crippen LogP contribution in [0, 0.1) is 11.3 Å². The third kappa shape index (κ3) is 4.67. The third-order valence-corrected chi connectivity index (χ3v) is 2.91. The lowest BCUT2D eigenvalue weighted by atomic mass is 9.91. The molecule has 1 rings (SSSR count). The summed E-state index contributed by atoms with van der Waals surface area (Å²) in [4.78, 5) is 11.9. The van der Waals surface area contributed by atoms with Crippen LogP contribution in [-0.2, 0) is 18.3 Å². The maximum absolute atomic E-state index is 11.9. The highest BCUT2D eigenvalue weighted by atomic mass is 16.2. The number of nitrogens with one attached hydrogen (secondary N) is 1. The Balaban J connectivity index is 2.77. The highest BCUT2D eigenvalue weighted by Gasteiger charge is 2.20. The molecule has 0 radical (unpaired) electrons. The highest BCUT2D eigenvalue weighted by molar-refractivity contribution is 5.94. The molecule has 0 unspecified atom stereocenters. The molecule has 0 aromatic carbocycles. The van der Waals surface area contributed by atoms with E-state index in [0.29, 0.717) is 5.82 Å². The second kappa shape index (κ2) is 5.74. The first-order valence-electron chi connectivity index (χ1n) is 6.69. The number of carbonyl (C=O) groups is 1. The lowest BCUT2D eigenvalue weighted by Gasteiger charge is -2.15. The molecule has 5 heteroatoms. The van der Waals surface area contributed by atoms with Crippen molar-refractivity contribution < 1.29 is 4.79 Å². The molecule has 1 aromatic rings. The van der Waals surface area contributed by atoms with Crippen LogP contribution >= 0.6 is 0 Å². The monoisotopic (exact) mass is 266 g/mol. The fourth-order valence-electron chi connectivity index (χ4n) is 1.79. The molecule has 0 spiro atoms. The molecular weight excluding hydrogens is 240 g/mol. The van der Waals surface area contributed by atoms with Crippen molar-refractivity contribution in [1.29, 1.82) is 0 Å². The van der Waals surface area contributed by atoms with Gasteiger partial charge in [-0.2, -0.15) is 5.10 Å². The van der Waals surface area contributed by atoms with Crippen LogP contribution in [0.5, 0.6) is 0 Å². The van der Waals surface area contributed by atoms with E-state index in [1.807, 2.05) is 27.0 Å². The summed E-state index contributed by atoms with van der Waals surface area (Å²) in [6, 6.07) is 1.41. The molecule has 0 fully saturated rings. The summed E-state index contributed by atoms with van der Waals surface area (Å²) >= 11 is 0. The van der Waals surface area contributed by atoms with Crippen molar-refractivity contribution in [3.8, 4) is 0 Å². The van der Waals surface area contributed by atoms with E-state index in [9.17, 15) is 4.79 Å². The molecule has 3 N–H and O–H groups in total. The topological polar surface area (TPSA) is 72.9 Å². The molecule has 0 bridgehead atoms. The first kappa shape index (κ1) is 15.7. The lowest BCUT2D eigenvalue weighted by molar-refractivity contribution is -0.118. The van der Waals surface area contributed by atoms with Crippen molar-refractivity contribution in [2.45, 2.75) is 47.1 Å². The Morgan fingerprint density at radius 1 is 1.47 bits per heavy atom. The van der Waals surface area contributed by atoms with Gasteiger partial charge in [0.15, 0.2) is 0 Å². The third-order valence-electron chi connectivity index (χ3n) is 2.91. The number of nitrogens with zero attached hydrogens (tertiary/aromatic N) is 2. The van der Waals surface area contributed by atoms with Gasteiger partial charge in [-0.1, -0.05) is 34.6 Å². The molecular formula is C14H26N4O. The van der Waals surface area contributed by atoms with Gasteiger partial charge in [0.25, 0.3) is 0 Å². The lowest BCUT2D eigenvalue weighted by Crippen LogP contribution is -2.40. The van der Waals surface area contributed by atoms with Crippen molar-refractivity contribution in [3.63, 3.8) is 0 Å². The van der Waals surface area contributed by atoms with Crippen molar-refractivity contribution in [3.05, 3.63) is 11.8 Å². The van der Waals surface area contributed by atoms with E-state index in [2.05, 4.69) is 31.2 Å². The van der Waals surface area contributed by atoms with Crippen molar-refractivity contribution in [2.24, 2.45) is 24.1 Å². The Morgan fingerprint density at radius 2 is 2.05 bits per heavy atom. The van der Waals surface area contributed by atoms with E-state index < -0.39 is 6.04 Å². The fraction of sp³-hybridized carbons (Fsp3) is 0.714. The van der Waals surface area contributed by atoms with E-state index in [1.165, 1.54) is 0 Å². The van der Waals surface area contributed by atoms with Crippen LogP contribution < -0.4 is 11.1 Å². The van der Waals surface area contributed by atoms with Crippen LogP contribution in [0.1, 0.15) is 40.3 Å². The zero-order valence-electron chi connectivity index (χ0n) is 12.8. The summed E-state index contributed by atoms with van der Waals surface area (Å²) in [6.45, 7) is 10.3. The molecule has 1 atom stereocenters. The van der Waals surface area contributed by atoms with Crippen molar-refractivity contribution >= 4 is 11.7 Å². The normalized spacial score (nSPS) is 13.7. The van der Waals surface area contributed by atoms with E-state index in [1.54, 1.807) is 4.68 Å². The molecule has 0 saturated heterocycles. The zero-order chi connectivity index (χ0) is 14.8. The number of aromatic nitrogens is 2. The van der Waals surface area contributed by atoms with Crippen LogP contribution in [0.25, 0.3) is 0 Å². The number of carbonyl (C=O) groups excluding carboxylic acids is 1. The zero-order valence-corrected chi connectivity index (χ0v) is 12.8. The van der Waals surface area contributed by atoms with Gasteiger partial charge in [0.05, 0.1) is 11.7 Å². The van der Waals surface area contributed by atoms with Crippen LogP contribution in [0.3, 0.4) is 0 Å². The average molecular weight is 266 g/mol. The second-order valence-electron chi connectivity index (χ2n) is 6.64. The molecule has 1 heterocycles. The minimum atomic E-state index is -0.499. The minimum Gasteiger partial charge on any atom is -0.320 e. The standard InChI is InChI=1S/C14H26N4O/c1-9(2)12(15)13(19)16-11-7-10(17-18(11)6)8-14(3,4)5/h7,9,12H,8,15H2,1-6H3,(H,16,19)/t12-/m0/s1. The summed E-state index contributed by atoms with van der Waals surface area (Å²) in [5.74, 6) is 0.642. The molecule has 108 valence electrons. The molecule has 0 saturated carbocycles. The maximum Gasteiger partial charge on any atom is 0.242 e. The number of hydrogen-bond acceptors (Lipinski definition) is 3. The summed E-state index contributed by atoms with van der Waals surface area (Å²) < 4.78 is 1.69. The van der Waals surface area contributed by atoms with Crippen LogP contribution in [0.15, 0.2) is 6.07 Å². The summed E-state index contributed by atoms with van der Waals surface area (Å²) in [6.07, 6.45) is 0.868. The predicted molar refractivity (Wildman–Crippen MR) is 77.8 cm³/mol. The number of amides is 1. The van der Waals surface area contributed by atoms with E-state index in [4.69, 9.17) is 5.73 Å². The molecule has 5 nitrogen and oxygen atoms in total. The van der Waals surface area contributed by atoms with Crippen molar-refractivity contribution in [2.75, 3.05) is 5.32 Å². The van der Waals surface area contributed by atoms with Gasteiger partial charge in [0.2, 0.25) is 5.91 Å². The molecule has 1 amide bonds. The smallest absolute Gasteiger partial charge is 0.242 e. The SMILES string of the molecule is CC(C)[C@H](N)C(=O)Nc1cc(CC(C)(C)C)nn1C. The number of aryl methyl sites for hydroxylation is 1. The molecule has 19 heavy (non-hydrogen) atoms. The Morgan fingerprint density at radius 3 is 2.53 bits per heavy atom. The van der Waals surface area contributed by atoms with Gasteiger partial charge in [-0.25, -0.2) is 0 Å². The van der Waals surface area contributed by atoms with Crippen molar-refractivity contribution in [1.82, 2.24) is 9.78 Å². The number of hydrogen-bond donors (Lipinski definition) is 2. The Kier molecular flexibility index (Phi) is 4.74. The van der Waals surface area contributed by atoms with Gasteiger partial charge in [-0.15, -0.1) is 0 Å². The van der Waals surface area contributed by atoms with E-state index in [0.717, 1.165) is 12.1 Å². The molecule has 0 aliphatic rings. The van der Waals surface area contributed by atoms with Gasteiger partial charge >= 0.3 is 0 Å². The van der Waals surface area contributed by atoms with Crippen LogP contribution in [0.4, 0.5) is 5.82 Å². The fourth-order valence-corrected chi connectivity index (χ4v) is 1.79. The molecule has 1 aromatic heterocycles. The maximum atomic E-state index is 11.9. The largest absolute Gasteiger partial charge is 0.320 e. The number of rotatable bonds is 4. The van der Waals surface area contributed by atoms with Crippen LogP contribution in [-0.4, -0.2) is 21.7 Å². The van der Waals surface area contributed by atoms with E-state index >= 15 is 0 Å². The van der Waals surface area contributed by atoms with Gasteiger partial charge in [0.1, 0.15) is 5.82 Å². The highest BCUT2D eigenvalue weighted by Crippen LogP contribution is 2.21. The Bertz CT molecular complexity index is 443. The Labute approximate surface area is 115 Å². The predicted octanol–water partition coefficient (Wildman–Crippen LogP) is 1.93. The van der Waals surface area contributed by atoms with Gasteiger partial charge in [-0.05, 0) is 17.8 Å². The first-order valence-corrected chi connectivity index (χ1v) is 6.69. The first-order chi connectivity index (χ1) is 8.60. The number of nitrogens with two attached hydrogens (primary N) is 1. The summed E-state index contributed by atoms with van der Waals surface area (Å²) in [5.41, 5.74) is 6.97. The number of anilines is 1. The average Bonchev–Trinajstić information content (AvgIpc) is 2.54. The van der Waals surface area contributed by atoms with Gasteiger partial charge < -0.3 is 11.1 Å². The van der Waals surface area contributed by atoms with Gasteiger partial charge in [0, 0.05) is 13.1 Å². The Hall–Kier alpha value is -1.36.